The Balaban J connectivity index is 5.01. The maximum Gasteiger partial charge on any atom is 0.358 e. The van der Waals surface area contributed by atoms with Gasteiger partial charge in [-0.2, -0.15) is 0 Å². The minimum absolute atomic E-state index is 0.109. The summed E-state index contributed by atoms with van der Waals surface area (Å²) in [6.45, 7) is 4.32. The highest BCUT2D eigenvalue weighted by Gasteiger charge is 2.10. The Morgan fingerprint density at radius 3 is 2.54 bits per heavy atom. The number of methoxy groups -OCH3 is 1. The van der Waals surface area contributed by atoms with Gasteiger partial charge in [0.25, 0.3) is 0 Å². The molecule has 0 aliphatic heterocycles. The lowest BCUT2D eigenvalue weighted by Crippen LogP contribution is -2.09. The number of halogens is 1. The van der Waals surface area contributed by atoms with E-state index >= 15 is 0 Å². The van der Waals surface area contributed by atoms with E-state index in [1.54, 1.807) is 0 Å². The second-order valence-electron chi connectivity index (χ2n) is 2.18. The number of rotatable bonds is 3. The number of esters is 1. The normalized spacial score (nSPS) is 13.3. The van der Waals surface area contributed by atoms with Gasteiger partial charge < -0.3 is 10.5 Å². The molecule has 0 amide bonds. The molecule has 0 aromatic carbocycles. The zero-order chi connectivity index (χ0) is 10.4. The van der Waals surface area contributed by atoms with Crippen LogP contribution in [0.3, 0.4) is 0 Å². The van der Waals surface area contributed by atoms with Gasteiger partial charge >= 0.3 is 5.97 Å². The van der Waals surface area contributed by atoms with Gasteiger partial charge in [-0.05, 0) is 19.7 Å². The van der Waals surface area contributed by atoms with Crippen molar-refractivity contribution >= 4 is 12.7 Å². The Morgan fingerprint density at radius 1 is 1.69 bits per heavy atom. The van der Waals surface area contributed by atoms with Crippen molar-refractivity contribution in [3.8, 4) is 0 Å². The second-order valence-corrected chi connectivity index (χ2v) is 2.18. The number of hydrogen-bond acceptors (Lipinski definition) is 4. The van der Waals surface area contributed by atoms with Crippen molar-refractivity contribution in [2.45, 2.75) is 6.92 Å². The first-order valence-electron chi connectivity index (χ1n) is 3.41. The molecular formula is C8H11FN2O2. The molecule has 0 bridgehead atoms. The summed E-state index contributed by atoms with van der Waals surface area (Å²) in [5.74, 6) is -1.27. The van der Waals surface area contributed by atoms with Crippen LogP contribution >= 0.6 is 0 Å². The highest BCUT2D eigenvalue weighted by molar-refractivity contribution is 5.90. The number of aliphatic imine (C=N–C) groups is 1. The van der Waals surface area contributed by atoms with E-state index in [-0.39, 0.29) is 11.4 Å². The van der Waals surface area contributed by atoms with E-state index in [0.717, 1.165) is 6.08 Å². The van der Waals surface area contributed by atoms with E-state index in [1.165, 1.54) is 14.0 Å². The van der Waals surface area contributed by atoms with Crippen molar-refractivity contribution in [2.75, 3.05) is 7.11 Å². The fraction of sp³-hybridized carbons (Fsp3) is 0.250. The van der Waals surface area contributed by atoms with Crippen LogP contribution in [0.25, 0.3) is 0 Å². The quantitative estimate of drug-likeness (QED) is 0.308. The highest BCUT2D eigenvalue weighted by Crippen LogP contribution is 2.06. The topological polar surface area (TPSA) is 64.7 Å². The lowest BCUT2D eigenvalue weighted by atomic mass is 10.3. The Kier molecular flexibility index (Phi) is 4.43. The van der Waals surface area contributed by atoms with Crippen LogP contribution in [0.15, 0.2) is 28.3 Å². The molecule has 4 nitrogen and oxygen atoms in total. The van der Waals surface area contributed by atoms with Crippen molar-refractivity contribution < 1.29 is 13.9 Å². The molecule has 0 aliphatic rings. The molecule has 0 fully saturated rings. The van der Waals surface area contributed by atoms with E-state index < -0.39 is 11.8 Å². The standard InChI is InChI=1S/C8H11FN2O2/c1-5(9)4-6(10)7(11-2)8(12)13-3/h4H,2,10H2,1,3H3/b5-4+,7-6+. The highest BCUT2D eigenvalue weighted by atomic mass is 19.1. The van der Waals surface area contributed by atoms with Gasteiger partial charge in [-0.1, -0.05) is 0 Å². The molecule has 2 N–H and O–H groups in total. The average Bonchev–Trinajstić information content (AvgIpc) is 2.03. The van der Waals surface area contributed by atoms with Crippen LogP contribution < -0.4 is 5.73 Å². The first-order chi connectivity index (χ1) is 6.02. The van der Waals surface area contributed by atoms with Gasteiger partial charge in [-0.15, -0.1) is 0 Å². The van der Waals surface area contributed by atoms with Crippen molar-refractivity contribution in [3.63, 3.8) is 0 Å². The smallest absolute Gasteiger partial charge is 0.358 e. The number of carbonyl (C=O) groups excluding carboxylic acids is 1. The minimum atomic E-state index is -0.745. The third-order valence-electron chi connectivity index (χ3n) is 1.16. The zero-order valence-electron chi connectivity index (χ0n) is 7.50. The summed E-state index contributed by atoms with van der Waals surface area (Å²) in [4.78, 5) is 14.3. The summed E-state index contributed by atoms with van der Waals surface area (Å²) >= 11 is 0. The number of carbonyl (C=O) groups is 1. The molecule has 0 aliphatic carbocycles. The number of hydrogen-bond donors (Lipinski definition) is 1. The number of nitrogens with two attached hydrogens (primary N) is 1. The zero-order valence-corrected chi connectivity index (χ0v) is 7.50. The first-order valence-corrected chi connectivity index (χ1v) is 3.41. The van der Waals surface area contributed by atoms with Crippen LogP contribution in [0.5, 0.6) is 0 Å². The van der Waals surface area contributed by atoms with Gasteiger partial charge in [-0.25, -0.2) is 9.18 Å². The third kappa shape index (κ3) is 3.50. The summed E-state index contributed by atoms with van der Waals surface area (Å²) in [5, 5.41) is 0. The molecule has 0 radical (unpaired) electrons. The number of ether oxygens (including phenoxy) is 1. The maximum atomic E-state index is 12.3. The first kappa shape index (κ1) is 11.4. The molecule has 5 heteroatoms. The molecule has 0 heterocycles. The van der Waals surface area contributed by atoms with Crippen LogP contribution in [-0.2, 0) is 9.53 Å². The van der Waals surface area contributed by atoms with Gasteiger partial charge in [0.05, 0.1) is 18.6 Å². The van der Waals surface area contributed by atoms with Crippen LogP contribution in [0.1, 0.15) is 6.92 Å². The van der Waals surface area contributed by atoms with Gasteiger partial charge in [-0.3, -0.25) is 4.99 Å². The lowest BCUT2D eigenvalue weighted by Gasteiger charge is -2.00. The van der Waals surface area contributed by atoms with E-state index in [2.05, 4.69) is 16.4 Å². The predicted octanol–water partition coefficient (Wildman–Crippen LogP) is 0.904. The summed E-state index contributed by atoms with van der Waals surface area (Å²) in [6, 6.07) is 0. The molecule has 0 rings (SSSR count). The Morgan fingerprint density at radius 2 is 2.23 bits per heavy atom. The molecule has 0 atom stereocenters. The average molecular weight is 186 g/mol. The van der Waals surface area contributed by atoms with E-state index in [4.69, 9.17) is 5.73 Å². The van der Waals surface area contributed by atoms with Gasteiger partial charge in [0, 0.05) is 0 Å². The molecule has 0 saturated carbocycles. The maximum absolute atomic E-state index is 12.3. The molecule has 0 unspecified atom stereocenters. The molecule has 0 aromatic rings. The Labute approximate surface area is 75.6 Å². The largest absolute Gasteiger partial charge is 0.464 e. The summed E-state index contributed by atoms with van der Waals surface area (Å²) in [7, 11) is 1.17. The lowest BCUT2D eigenvalue weighted by molar-refractivity contribution is -0.136. The van der Waals surface area contributed by atoms with Gasteiger partial charge in [0.15, 0.2) is 5.70 Å². The summed E-state index contributed by atoms with van der Waals surface area (Å²) < 4.78 is 16.7. The molecule has 0 saturated heterocycles. The summed E-state index contributed by atoms with van der Waals surface area (Å²) in [6.07, 6.45) is 0.973. The van der Waals surface area contributed by atoms with Gasteiger partial charge in [0.1, 0.15) is 0 Å². The fourth-order valence-corrected chi connectivity index (χ4v) is 0.653. The third-order valence-corrected chi connectivity index (χ3v) is 1.16. The second kappa shape index (κ2) is 5.08. The van der Waals surface area contributed by atoms with Crippen LogP contribution in [0.4, 0.5) is 4.39 Å². The minimum Gasteiger partial charge on any atom is -0.464 e. The predicted molar refractivity (Wildman–Crippen MR) is 47.6 cm³/mol. The molecule has 0 spiro atoms. The van der Waals surface area contributed by atoms with Crippen LogP contribution in [0, 0.1) is 0 Å². The van der Waals surface area contributed by atoms with E-state index in [0.29, 0.717) is 0 Å². The van der Waals surface area contributed by atoms with Crippen molar-refractivity contribution in [1.82, 2.24) is 0 Å². The molecule has 72 valence electrons. The van der Waals surface area contributed by atoms with E-state index in [9.17, 15) is 9.18 Å². The van der Waals surface area contributed by atoms with Crippen molar-refractivity contribution in [3.05, 3.63) is 23.3 Å². The van der Waals surface area contributed by atoms with Crippen LogP contribution in [-0.4, -0.2) is 19.8 Å². The molecular weight excluding hydrogens is 175 g/mol. The van der Waals surface area contributed by atoms with Gasteiger partial charge in [0.2, 0.25) is 0 Å². The number of nitrogens with zero attached hydrogens (tertiary/aromatic N) is 1. The monoisotopic (exact) mass is 186 g/mol. The Bertz CT molecular complexity index is 278. The SMILES string of the molecule is C=N/C(C(=O)OC)=C(N)\C=C(/C)F. The van der Waals surface area contributed by atoms with E-state index in [1.807, 2.05) is 0 Å². The van der Waals surface area contributed by atoms with Crippen LogP contribution in [0.2, 0.25) is 0 Å². The summed E-state index contributed by atoms with van der Waals surface area (Å²) in [5.41, 5.74) is 5.03. The molecule has 0 aromatic heterocycles. The number of allylic oxidation sites excluding steroid dienone is 2. The Hall–Kier alpha value is -1.65. The fourth-order valence-electron chi connectivity index (χ4n) is 0.653. The molecule has 13 heavy (non-hydrogen) atoms. The van der Waals surface area contributed by atoms with Crippen molar-refractivity contribution in [1.29, 1.82) is 0 Å². The van der Waals surface area contributed by atoms with Crippen molar-refractivity contribution in [2.24, 2.45) is 10.7 Å².